The average Bonchev–Trinajstić information content (AvgIpc) is 2.53. The number of rotatable bonds is 3. The Morgan fingerprint density at radius 3 is 2.67 bits per heavy atom. The number of aliphatic hydroxyl groups is 1. The van der Waals surface area contributed by atoms with Crippen molar-refractivity contribution in [3.63, 3.8) is 0 Å². The molecular formula is C12H19NO2. The van der Waals surface area contributed by atoms with Crippen LogP contribution in [-0.2, 0) is 6.42 Å². The molecule has 0 aromatic carbocycles. The van der Waals surface area contributed by atoms with Crippen LogP contribution in [0.3, 0.4) is 0 Å². The fourth-order valence-electron chi connectivity index (χ4n) is 2.30. The molecule has 0 atom stereocenters. The molecule has 0 radical (unpaired) electrons. The van der Waals surface area contributed by atoms with Gasteiger partial charge in [-0.25, -0.2) is 4.98 Å². The molecule has 3 nitrogen and oxygen atoms in total. The number of hydrogen-bond donors (Lipinski definition) is 1. The summed E-state index contributed by atoms with van der Waals surface area (Å²) in [5, 5.41) is 8.78. The minimum Gasteiger partial charge on any atom is -0.449 e. The van der Waals surface area contributed by atoms with Crippen LogP contribution in [0, 0.1) is 0 Å². The predicted octanol–water partition coefficient (Wildman–Crippen LogP) is 2.65. The highest BCUT2D eigenvalue weighted by Gasteiger charge is 2.17. The van der Waals surface area contributed by atoms with Gasteiger partial charge in [0.15, 0.2) is 5.89 Å². The second-order valence-corrected chi connectivity index (χ2v) is 4.33. The summed E-state index contributed by atoms with van der Waals surface area (Å²) < 4.78 is 5.33. The summed E-state index contributed by atoms with van der Waals surface area (Å²) >= 11 is 0. The van der Waals surface area contributed by atoms with Crippen LogP contribution in [0.1, 0.15) is 56.0 Å². The quantitative estimate of drug-likeness (QED) is 0.778. The molecule has 1 aromatic rings. The van der Waals surface area contributed by atoms with Gasteiger partial charge < -0.3 is 9.52 Å². The largest absolute Gasteiger partial charge is 0.449 e. The van der Waals surface area contributed by atoms with Gasteiger partial charge in [-0.1, -0.05) is 25.7 Å². The monoisotopic (exact) mass is 209 g/mol. The average molecular weight is 209 g/mol. The molecular weight excluding hydrogens is 190 g/mol. The zero-order valence-corrected chi connectivity index (χ0v) is 9.11. The van der Waals surface area contributed by atoms with Crippen molar-refractivity contribution in [1.82, 2.24) is 4.98 Å². The molecule has 1 N–H and O–H groups in total. The minimum absolute atomic E-state index is 0.116. The normalized spacial score (nSPS) is 19.0. The Balaban J connectivity index is 2.00. The van der Waals surface area contributed by atoms with Crippen LogP contribution < -0.4 is 0 Å². The first-order chi connectivity index (χ1) is 7.40. The lowest BCUT2D eigenvalue weighted by Crippen LogP contribution is -1.98. The van der Waals surface area contributed by atoms with E-state index in [1.165, 1.54) is 38.5 Å². The van der Waals surface area contributed by atoms with E-state index >= 15 is 0 Å². The first-order valence-corrected chi connectivity index (χ1v) is 5.95. The van der Waals surface area contributed by atoms with E-state index in [4.69, 9.17) is 9.52 Å². The molecule has 0 amide bonds. The van der Waals surface area contributed by atoms with E-state index in [1.54, 1.807) is 6.26 Å². The van der Waals surface area contributed by atoms with E-state index in [0.29, 0.717) is 18.2 Å². The third-order valence-electron chi connectivity index (χ3n) is 3.17. The number of aromatic nitrogens is 1. The van der Waals surface area contributed by atoms with E-state index in [9.17, 15) is 0 Å². The Hall–Kier alpha value is -0.830. The van der Waals surface area contributed by atoms with Gasteiger partial charge in [0.25, 0.3) is 0 Å². The molecule has 0 aliphatic heterocycles. The van der Waals surface area contributed by atoms with Crippen molar-refractivity contribution in [2.45, 2.75) is 50.9 Å². The summed E-state index contributed by atoms with van der Waals surface area (Å²) in [5.41, 5.74) is 1.10. The van der Waals surface area contributed by atoms with Crippen LogP contribution in [0.25, 0.3) is 0 Å². The van der Waals surface area contributed by atoms with Gasteiger partial charge in [0, 0.05) is 12.3 Å². The maximum Gasteiger partial charge on any atom is 0.196 e. The molecule has 1 saturated carbocycles. The molecule has 0 bridgehead atoms. The van der Waals surface area contributed by atoms with Crippen LogP contribution >= 0.6 is 0 Å². The summed E-state index contributed by atoms with van der Waals surface area (Å²) in [6.07, 6.45) is 10.1. The lowest BCUT2D eigenvalue weighted by molar-refractivity contribution is 0.285. The van der Waals surface area contributed by atoms with E-state index in [1.807, 2.05) is 0 Å². The van der Waals surface area contributed by atoms with E-state index < -0.39 is 0 Å². The Labute approximate surface area is 90.5 Å². The first-order valence-electron chi connectivity index (χ1n) is 5.95. The van der Waals surface area contributed by atoms with Crippen LogP contribution in [0.2, 0.25) is 0 Å². The zero-order chi connectivity index (χ0) is 10.5. The molecule has 2 rings (SSSR count). The van der Waals surface area contributed by atoms with Crippen LogP contribution in [-0.4, -0.2) is 16.7 Å². The van der Waals surface area contributed by atoms with Crippen molar-refractivity contribution in [1.29, 1.82) is 0 Å². The molecule has 84 valence electrons. The van der Waals surface area contributed by atoms with Gasteiger partial charge in [0.05, 0.1) is 12.3 Å². The van der Waals surface area contributed by atoms with Gasteiger partial charge in [0.1, 0.15) is 6.26 Å². The zero-order valence-electron chi connectivity index (χ0n) is 9.11. The van der Waals surface area contributed by atoms with Gasteiger partial charge in [0.2, 0.25) is 0 Å². The van der Waals surface area contributed by atoms with Crippen molar-refractivity contribution in [2.75, 3.05) is 6.61 Å². The number of aliphatic hydroxyl groups excluding tert-OH is 1. The van der Waals surface area contributed by atoms with Crippen molar-refractivity contribution in [2.24, 2.45) is 0 Å². The first kappa shape index (κ1) is 10.7. The van der Waals surface area contributed by atoms with Gasteiger partial charge in [-0.15, -0.1) is 0 Å². The Bertz CT molecular complexity index is 288. The van der Waals surface area contributed by atoms with Gasteiger partial charge in [-0.2, -0.15) is 0 Å². The highest BCUT2D eigenvalue weighted by Crippen LogP contribution is 2.30. The third kappa shape index (κ3) is 2.81. The molecule has 0 unspecified atom stereocenters. The van der Waals surface area contributed by atoms with Crippen LogP contribution in [0.4, 0.5) is 0 Å². The molecule has 1 aliphatic carbocycles. The number of nitrogens with zero attached hydrogens (tertiary/aromatic N) is 1. The van der Waals surface area contributed by atoms with E-state index in [0.717, 1.165) is 5.69 Å². The molecule has 1 fully saturated rings. The number of hydrogen-bond acceptors (Lipinski definition) is 3. The summed E-state index contributed by atoms with van der Waals surface area (Å²) in [4.78, 5) is 4.44. The minimum atomic E-state index is 0.116. The highest BCUT2D eigenvalue weighted by molar-refractivity contribution is 5.04. The topological polar surface area (TPSA) is 46.3 Å². The Morgan fingerprint density at radius 2 is 2.00 bits per heavy atom. The fraction of sp³-hybridized carbons (Fsp3) is 0.750. The lowest BCUT2D eigenvalue weighted by Gasteiger charge is -2.08. The van der Waals surface area contributed by atoms with E-state index in [-0.39, 0.29) is 6.61 Å². The SMILES string of the molecule is OCCc1nc(C2CCCCCC2)co1. The molecule has 1 heterocycles. The Kier molecular flexibility index (Phi) is 3.78. The molecule has 1 aromatic heterocycles. The van der Waals surface area contributed by atoms with Gasteiger partial charge in [-0.3, -0.25) is 0 Å². The molecule has 3 heteroatoms. The summed E-state index contributed by atoms with van der Waals surface area (Å²) in [6, 6.07) is 0. The van der Waals surface area contributed by atoms with Crippen molar-refractivity contribution in [3.8, 4) is 0 Å². The predicted molar refractivity (Wildman–Crippen MR) is 57.7 cm³/mol. The summed E-state index contributed by atoms with van der Waals surface area (Å²) in [5.74, 6) is 1.26. The second kappa shape index (κ2) is 5.31. The van der Waals surface area contributed by atoms with Gasteiger partial charge in [-0.05, 0) is 12.8 Å². The van der Waals surface area contributed by atoms with Gasteiger partial charge >= 0.3 is 0 Å². The standard InChI is InChI=1S/C12H19NO2/c14-8-7-12-13-11(9-15-12)10-5-3-1-2-4-6-10/h9-10,14H,1-8H2. The summed E-state index contributed by atoms with van der Waals surface area (Å²) in [7, 11) is 0. The fourth-order valence-corrected chi connectivity index (χ4v) is 2.30. The molecule has 1 aliphatic rings. The smallest absolute Gasteiger partial charge is 0.196 e. The molecule has 0 saturated heterocycles. The summed E-state index contributed by atoms with van der Waals surface area (Å²) in [6.45, 7) is 0.116. The highest BCUT2D eigenvalue weighted by atomic mass is 16.3. The lowest BCUT2D eigenvalue weighted by atomic mass is 9.97. The number of oxazole rings is 1. The van der Waals surface area contributed by atoms with Crippen LogP contribution in [0.5, 0.6) is 0 Å². The maximum absolute atomic E-state index is 8.78. The second-order valence-electron chi connectivity index (χ2n) is 4.33. The van der Waals surface area contributed by atoms with Crippen molar-refractivity contribution >= 4 is 0 Å². The van der Waals surface area contributed by atoms with Crippen molar-refractivity contribution < 1.29 is 9.52 Å². The van der Waals surface area contributed by atoms with Crippen LogP contribution in [0.15, 0.2) is 10.7 Å². The van der Waals surface area contributed by atoms with Crippen molar-refractivity contribution in [3.05, 3.63) is 17.8 Å². The molecule has 15 heavy (non-hydrogen) atoms. The third-order valence-corrected chi connectivity index (χ3v) is 3.17. The Morgan fingerprint density at radius 1 is 1.27 bits per heavy atom. The van der Waals surface area contributed by atoms with E-state index in [2.05, 4.69) is 4.98 Å². The maximum atomic E-state index is 8.78. The molecule has 0 spiro atoms.